The molecule has 7 heteroatoms. The number of aryl methyl sites for hydroxylation is 1. The molecule has 3 heterocycles. The van der Waals surface area contributed by atoms with Gasteiger partial charge in [-0.15, -0.1) is 0 Å². The zero-order valence-electron chi connectivity index (χ0n) is 13.8. The third kappa shape index (κ3) is 2.46. The van der Waals surface area contributed by atoms with Crippen molar-refractivity contribution in [2.24, 2.45) is 7.05 Å². The van der Waals surface area contributed by atoms with Gasteiger partial charge in [0.15, 0.2) is 0 Å². The van der Waals surface area contributed by atoms with E-state index < -0.39 is 17.8 Å². The van der Waals surface area contributed by atoms with Crippen molar-refractivity contribution in [1.29, 1.82) is 0 Å². The minimum Gasteiger partial charge on any atom is -0.350 e. The highest BCUT2D eigenvalue weighted by atomic mass is 16.2. The first-order valence-electron chi connectivity index (χ1n) is 7.92. The Bertz CT molecular complexity index is 1080. The number of anilines is 1. The van der Waals surface area contributed by atoms with Crippen LogP contribution >= 0.6 is 0 Å². The van der Waals surface area contributed by atoms with E-state index in [1.54, 1.807) is 0 Å². The molecule has 0 bridgehead atoms. The minimum absolute atomic E-state index is 0.0993. The predicted molar refractivity (Wildman–Crippen MR) is 96.2 cm³/mol. The molecule has 26 heavy (non-hydrogen) atoms. The molecule has 3 aromatic rings. The summed E-state index contributed by atoms with van der Waals surface area (Å²) in [6, 6.07) is 9.96. The summed E-state index contributed by atoms with van der Waals surface area (Å²) in [7, 11) is 1.89. The number of pyridine rings is 1. The Morgan fingerprint density at radius 2 is 1.77 bits per heavy atom. The molecule has 0 spiro atoms. The van der Waals surface area contributed by atoms with Crippen molar-refractivity contribution in [2.45, 2.75) is 0 Å². The summed E-state index contributed by atoms with van der Waals surface area (Å²) in [6.07, 6.45) is 6.30. The van der Waals surface area contributed by atoms with Crippen molar-refractivity contribution in [3.8, 4) is 0 Å². The minimum atomic E-state index is -0.777. The average molecular weight is 346 g/mol. The van der Waals surface area contributed by atoms with Gasteiger partial charge in [-0.05, 0) is 24.3 Å². The number of para-hydroxylation sites is 1. The van der Waals surface area contributed by atoms with Crippen molar-refractivity contribution < 1.29 is 14.4 Å². The zero-order valence-corrected chi connectivity index (χ0v) is 13.8. The molecule has 1 fully saturated rings. The van der Waals surface area contributed by atoms with Gasteiger partial charge in [-0.3, -0.25) is 19.9 Å². The number of benzene rings is 1. The maximum absolute atomic E-state index is 12.8. The lowest BCUT2D eigenvalue weighted by Crippen LogP contribution is -2.54. The molecule has 0 atom stereocenters. The van der Waals surface area contributed by atoms with Gasteiger partial charge >= 0.3 is 6.03 Å². The normalized spacial score (nSPS) is 16.4. The van der Waals surface area contributed by atoms with E-state index in [0.29, 0.717) is 5.69 Å². The molecule has 7 nitrogen and oxygen atoms in total. The third-order valence-electron chi connectivity index (χ3n) is 4.25. The molecule has 4 amide bonds. The smallest absolute Gasteiger partial charge is 0.335 e. The van der Waals surface area contributed by atoms with Crippen LogP contribution in [0.4, 0.5) is 10.5 Å². The highest BCUT2D eigenvalue weighted by Crippen LogP contribution is 2.25. The lowest BCUT2D eigenvalue weighted by atomic mass is 10.1. The van der Waals surface area contributed by atoms with E-state index in [1.165, 1.54) is 30.6 Å². The second kappa shape index (κ2) is 5.96. The summed E-state index contributed by atoms with van der Waals surface area (Å²) in [4.78, 5) is 42.1. The third-order valence-corrected chi connectivity index (χ3v) is 4.25. The van der Waals surface area contributed by atoms with Gasteiger partial charge in [-0.2, -0.15) is 0 Å². The van der Waals surface area contributed by atoms with Gasteiger partial charge in [0.2, 0.25) is 0 Å². The van der Waals surface area contributed by atoms with E-state index in [2.05, 4.69) is 10.3 Å². The Kier molecular flexibility index (Phi) is 3.62. The van der Waals surface area contributed by atoms with E-state index >= 15 is 0 Å². The van der Waals surface area contributed by atoms with Crippen LogP contribution in [-0.2, 0) is 16.6 Å². The number of rotatable bonds is 2. The molecule has 2 aromatic heterocycles. The summed E-state index contributed by atoms with van der Waals surface area (Å²) in [5, 5.41) is 3.13. The number of urea groups is 1. The van der Waals surface area contributed by atoms with Gasteiger partial charge in [0.25, 0.3) is 11.8 Å². The van der Waals surface area contributed by atoms with Crippen LogP contribution in [0.2, 0.25) is 0 Å². The van der Waals surface area contributed by atoms with Crippen molar-refractivity contribution >= 4 is 40.5 Å². The molecule has 1 N–H and O–H groups in total. The zero-order chi connectivity index (χ0) is 18.3. The van der Waals surface area contributed by atoms with Gasteiger partial charge in [-0.1, -0.05) is 18.2 Å². The quantitative estimate of drug-likeness (QED) is 0.570. The molecule has 0 aliphatic carbocycles. The number of barbiturate groups is 1. The first-order valence-corrected chi connectivity index (χ1v) is 7.92. The molecule has 1 aliphatic heterocycles. The topological polar surface area (TPSA) is 84.3 Å². The van der Waals surface area contributed by atoms with Gasteiger partial charge in [0.05, 0.1) is 5.69 Å². The number of carbonyl (C=O) groups excluding carboxylic acids is 3. The monoisotopic (exact) mass is 346 g/mol. The van der Waals surface area contributed by atoms with Crippen LogP contribution in [0.5, 0.6) is 0 Å². The van der Waals surface area contributed by atoms with Crippen molar-refractivity contribution in [2.75, 3.05) is 4.90 Å². The molecular formula is C19H14N4O3. The number of hydrogen-bond acceptors (Lipinski definition) is 4. The van der Waals surface area contributed by atoms with Crippen LogP contribution in [-0.4, -0.2) is 27.4 Å². The van der Waals surface area contributed by atoms with Crippen LogP contribution in [0.1, 0.15) is 5.56 Å². The first kappa shape index (κ1) is 15.8. The molecular weight excluding hydrogens is 332 g/mol. The summed E-state index contributed by atoms with van der Waals surface area (Å²) in [5.41, 5.74) is 1.95. The fourth-order valence-corrected chi connectivity index (χ4v) is 3.03. The summed E-state index contributed by atoms with van der Waals surface area (Å²) < 4.78 is 1.92. The van der Waals surface area contributed by atoms with Crippen LogP contribution in [0.3, 0.4) is 0 Å². The van der Waals surface area contributed by atoms with Crippen molar-refractivity contribution in [1.82, 2.24) is 14.9 Å². The van der Waals surface area contributed by atoms with Crippen LogP contribution in [0, 0.1) is 0 Å². The molecule has 1 aliphatic rings. The van der Waals surface area contributed by atoms with Crippen LogP contribution in [0.15, 0.2) is 60.6 Å². The first-order chi connectivity index (χ1) is 12.6. The fraction of sp³-hybridized carbons (Fsp3) is 0.0526. The van der Waals surface area contributed by atoms with Gasteiger partial charge in [0.1, 0.15) is 5.57 Å². The number of nitrogens with one attached hydrogen (secondary N) is 1. The van der Waals surface area contributed by atoms with E-state index in [1.807, 2.05) is 42.1 Å². The second-order valence-electron chi connectivity index (χ2n) is 5.88. The van der Waals surface area contributed by atoms with E-state index in [0.717, 1.165) is 21.4 Å². The Morgan fingerprint density at radius 3 is 2.54 bits per heavy atom. The van der Waals surface area contributed by atoms with E-state index in [-0.39, 0.29) is 5.57 Å². The van der Waals surface area contributed by atoms with Crippen LogP contribution in [0.25, 0.3) is 17.0 Å². The number of aromatic nitrogens is 2. The average Bonchev–Trinajstić information content (AvgIpc) is 2.96. The molecule has 1 aromatic carbocycles. The summed E-state index contributed by atoms with van der Waals surface area (Å²) in [5.74, 6) is -1.38. The number of nitrogens with zero attached hydrogens (tertiary/aromatic N) is 3. The van der Waals surface area contributed by atoms with E-state index in [4.69, 9.17) is 0 Å². The summed E-state index contributed by atoms with van der Waals surface area (Å²) >= 11 is 0. The van der Waals surface area contributed by atoms with Gasteiger partial charge in [-0.25, -0.2) is 9.69 Å². The lowest BCUT2D eigenvalue weighted by molar-refractivity contribution is -0.122. The SMILES string of the molecule is Cn1cc(/C=C2\C(=O)NC(=O)N(c3ccncc3)C2=O)c2ccccc21. The van der Waals surface area contributed by atoms with E-state index in [9.17, 15) is 14.4 Å². The number of hydrogen-bond donors (Lipinski definition) is 1. The van der Waals surface area contributed by atoms with Crippen molar-refractivity contribution in [3.05, 3.63) is 66.1 Å². The largest absolute Gasteiger partial charge is 0.350 e. The van der Waals surface area contributed by atoms with Gasteiger partial charge in [0, 0.05) is 42.1 Å². The highest BCUT2D eigenvalue weighted by molar-refractivity contribution is 6.39. The second-order valence-corrected chi connectivity index (χ2v) is 5.88. The summed E-state index contributed by atoms with van der Waals surface area (Å²) in [6.45, 7) is 0. The Balaban J connectivity index is 1.82. The predicted octanol–water partition coefficient (Wildman–Crippen LogP) is 2.24. The Hall–Kier alpha value is -3.74. The lowest BCUT2D eigenvalue weighted by Gasteiger charge is -2.26. The van der Waals surface area contributed by atoms with Crippen molar-refractivity contribution in [3.63, 3.8) is 0 Å². The number of fused-ring (bicyclic) bond motifs is 1. The highest BCUT2D eigenvalue weighted by Gasteiger charge is 2.36. The maximum Gasteiger partial charge on any atom is 0.335 e. The standard InChI is InChI=1S/C19H14N4O3/c1-22-11-12(14-4-2-3-5-16(14)22)10-15-17(24)21-19(26)23(18(15)25)13-6-8-20-9-7-13/h2-11H,1H3,(H,21,24,26)/b15-10+. The Labute approximate surface area is 148 Å². The molecule has 0 unspecified atom stereocenters. The molecule has 4 rings (SSSR count). The molecule has 0 saturated carbocycles. The molecule has 1 saturated heterocycles. The number of imide groups is 2. The van der Waals surface area contributed by atoms with Crippen LogP contribution < -0.4 is 10.2 Å². The number of amides is 4. The fourth-order valence-electron chi connectivity index (χ4n) is 3.03. The Morgan fingerprint density at radius 1 is 1.04 bits per heavy atom. The number of carbonyl (C=O) groups is 3. The molecule has 128 valence electrons. The molecule has 0 radical (unpaired) electrons. The van der Waals surface area contributed by atoms with Gasteiger partial charge < -0.3 is 4.57 Å². The maximum atomic E-state index is 12.8.